The number of halogens is 1. The molecule has 0 unspecified atom stereocenters. The van der Waals surface area contributed by atoms with Crippen LogP contribution in [-0.2, 0) is 4.74 Å². The fourth-order valence-corrected chi connectivity index (χ4v) is 1.98. The lowest BCUT2D eigenvalue weighted by Gasteiger charge is -2.32. The van der Waals surface area contributed by atoms with E-state index in [2.05, 4.69) is 4.98 Å². The third-order valence-electron chi connectivity index (χ3n) is 2.87. The van der Waals surface area contributed by atoms with Gasteiger partial charge >= 0.3 is 0 Å². The first kappa shape index (κ1) is 12.9. The summed E-state index contributed by atoms with van der Waals surface area (Å²) < 4.78 is 18.5. The van der Waals surface area contributed by atoms with Crippen molar-refractivity contribution in [3.8, 4) is 0 Å². The molecule has 1 aromatic heterocycles. The van der Waals surface area contributed by atoms with E-state index in [4.69, 9.17) is 10.5 Å². The predicted molar refractivity (Wildman–Crippen MR) is 63.5 cm³/mol. The number of carbonyl (C=O) groups is 1. The maximum atomic E-state index is 13.0. The molecule has 18 heavy (non-hydrogen) atoms. The van der Waals surface area contributed by atoms with Crippen molar-refractivity contribution in [3.05, 3.63) is 29.8 Å². The van der Waals surface area contributed by atoms with Gasteiger partial charge in [0.15, 0.2) is 0 Å². The van der Waals surface area contributed by atoms with Crippen LogP contribution in [0.3, 0.4) is 0 Å². The zero-order valence-electron chi connectivity index (χ0n) is 10.0. The lowest BCUT2D eigenvalue weighted by molar-refractivity contribution is -0.0236. The van der Waals surface area contributed by atoms with Crippen LogP contribution in [0, 0.1) is 5.82 Å². The number of hydrogen-bond donors (Lipinski definition) is 1. The maximum absolute atomic E-state index is 13.0. The number of nitrogens with two attached hydrogens (primary N) is 1. The molecule has 0 spiro atoms. The van der Waals surface area contributed by atoms with Crippen molar-refractivity contribution in [3.63, 3.8) is 0 Å². The molecule has 1 aliphatic rings. The molecule has 98 valence electrons. The quantitative estimate of drug-likeness (QED) is 0.847. The number of rotatable bonds is 3. The standard InChI is InChI=1S/C12H16FN3O2/c13-10-5-9(6-15-7-10)12(17)16-3-4-18-11(8-16)1-2-14/h5-7,11H,1-4,8,14H2/t11-/m1/s1. The average molecular weight is 253 g/mol. The first-order valence-electron chi connectivity index (χ1n) is 5.92. The van der Waals surface area contributed by atoms with Crippen LogP contribution >= 0.6 is 0 Å². The molecule has 1 amide bonds. The van der Waals surface area contributed by atoms with E-state index in [1.165, 1.54) is 12.3 Å². The number of hydrogen-bond acceptors (Lipinski definition) is 4. The molecule has 1 saturated heterocycles. The molecule has 6 heteroatoms. The molecule has 0 aliphatic carbocycles. The van der Waals surface area contributed by atoms with Gasteiger partial charge in [-0.1, -0.05) is 0 Å². The van der Waals surface area contributed by atoms with E-state index in [1.54, 1.807) is 4.90 Å². The summed E-state index contributed by atoms with van der Waals surface area (Å²) in [4.78, 5) is 17.5. The summed E-state index contributed by atoms with van der Waals surface area (Å²) in [7, 11) is 0. The van der Waals surface area contributed by atoms with E-state index in [0.717, 1.165) is 6.20 Å². The summed E-state index contributed by atoms with van der Waals surface area (Å²) in [6.45, 7) is 2.01. The number of aromatic nitrogens is 1. The van der Waals surface area contributed by atoms with Crippen LogP contribution in [0.1, 0.15) is 16.8 Å². The summed E-state index contributed by atoms with van der Waals surface area (Å²) >= 11 is 0. The summed E-state index contributed by atoms with van der Waals surface area (Å²) in [5.41, 5.74) is 5.74. The lowest BCUT2D eigenvalue weighted by Crippen LogP contribution is -2.46. The van der Waals surface area contributed by atoms with E-state index in [1.807, 2.05) is 0 Å². The topological polar surface area (TPSA) is 68.5 Å². The molecule has 2 rings (SSSR count). The molecular formula is C12H16FN3O2. The Balaban J connectivity index is 2.04. The van der Waals surface area contributed by atoms with Crippen molar-refractivity contribution in [1.29, 1.82) is 0 Å². The minimum Gasteiger partial charge on any atom is -0.374 e. The van der Waals surface area contributed by atoms with Gasteiger partial charge in [0.2, 0.25) is 0 Å². The van der Waals surface area contributed by atoms with Gasteiger partial charge < -0.3 is 15.4 Å². The number of morpholine rings is 1. The molecule has 2 N–H and O–H groups in total. The molecule has 5 nitrogen and oxygen atoms in total. The number of amides is 1. The highest BCUT2D eigenvalue weighted by atomic mass is 19.1. The third-order valence-corrected chi connectivity index (χ3v) is 2.87. The van der Waals surface area contributed by atoms with Crippen molar-refractivity contribution in [1.82, 2.24) is 9.88 Å². The summed E-state index contributed by atoms with van der Waals surface area (Å²) in [6, 6.07) is 1.20. The molecule has 1 aromatic rings. The van der Waals surface area contributed by atoms with Gasteiger partial charge in [-0.15, -0.1) is 0 Å². The van der Waals surface area contributed by atoms with Crippen LogP contribution in [0.5, 0.6) is 0 Å². The van der Waals surface area contributed by atoms with Gasteiger partial charge in [0, 0.05) is 19.3 Å². The van der Waals surface area contributed by atoms with Crippen LogP contribution in [0.25, 0.3) is 0 Å². The lowest BCUT2D eigenvalue weighted by atomic mass is 10.1. The number of carbonyl (C=O) groups excluding carboxylic acids is 1. The predicted octanol–water partition coefficient (Wildman–Crippen LogP) is 0.411. The van der Waals surface area contributed by atoms with Crippen LogP contribution in [0.15, 0.2) is 18.5 Å². The summed E-state index contributed by atoms with van der Waals surface area (Å²) in [6.07, 6.45) is 3.13. The third kappa shape index (κ3) is 3.02. The highest BCUT2D eigenvalue weighted by Crippen LogP contribution is 2.12. The molecule has 1 fully saturated rings. The Morgan fingerprint density at radius 1 is 1.61 bits per heavy atom. The molecule has 0 saturated carbocycles. The molecule has 0 aromatic carbocycles. The molecule has 2 heterocycles. The first-order valence-corrected chi connectivity index (χ1v) is 5.92. The van der Waals surface area contributed by atoms with Crippen LogP contribution in [0.2, 0.25) is 0 Å². The largest absolute Gasteiger partial charge is 0.374 e. The zero-order valence-corrected chi connectivity index (χ0v) is 10.0. The summed E-state index contributed by atoms with van der Waals surface area (Å²) in [5.74, 6) is -0.722. The zero-order chi connectivity index (χ0) is 13.0. The monoisotopic (exact) mass is 253 g/mol. The van der Waals surface area contributed by atoms with Crippen molar-refractivity contribution < 1.29 is 13.9 Å². The normalized spacial score (nSPS) is 19.9. The van der Waals surface area contributed by atoms with Crippen molar-refractivity contribution >= 4 is 5.91 Å². The average Bonchev–Trinajstić information content (AvgIpc) is 2.39. The second kappa shape index (κ2) is 5.88. The van der Waals surface area contributed by atoms with Crippen LogP contribution in [-0.4, -0.2) is 48.1 Å². The van der Waals surface area contributed by atoms with Gasteiger partial charge in [-0.05, 0) is 19.0 Å². The fourth-order valence-electron chi connectivity index (χ4n) is 1.98. The Morgan fingerprint density at radius 2 is 2.44 bits per heavy atom. The highest BCUT2D eigenvalue weighted by molar-refractivity contribution is 5.94. The van der Waals surface area contributed by atoms with Gasteiger partial charge in [-0.3, -0.25) is 9.78 Å². The van der Waals surface area contributed by atoms with Crippen molar-refractivity contribution in [2.45, 2.75) is 12.5 Å². The molecule has 0 radical (unpaired) electrons. The number of ether oxygens (including phenoxy) is 1. The Kier molecular flexibility index (Phi) is 4.22. The Morgan fingerprint density at radius 3 is 3.17 bits per heavy atom. The highest BCUT2D eigenvalue weighted by Gasteiger charge is 2.24. The van der Waals surface area contributed by atoms with Crippen molar-refractivity contribution in [2.75, 3.05) is 26.2 Å². The molecule has 0 bridgehead atoms. The van der Waals surface area contributed by atoms with E-state index in [-0.39, 0.29) is 17.6 Å². The van der Waals surface area contributed by atoms with Gasteiger partial charge in [-0.2, -0.15) is 0 Å². The first-order chi connectivity index (χ1) is 8.70. The number of pyridine rings is 1. The SMILES string of the molecule is NCC[C@@H]1CN(C(=O)c2cncc(F)c2)CCO1. The van der Waals surface area contributed by atoms with E-state index < -0.39 is 5.82 Å². The van der Waals surface area contributed by atoms with Crippen LogP contribution in [0.4, 0.5) is 4.39 Å². The molecule has 1 aliphatic heterocycles. The second-order valence-electron chi connectivity index (χ2n) is 4.21. The van der Waals surface area contributed by atoms with Crippen LogP contribution < -0.4 is 5.73 Å². The van der Waals surface area contributed by atoms with Gasteiger partial charge in [0.25, 0.3) is 5.91 Å². The maximum Gasteiger partial charge on any atom is 0.255 e. The van der Waals surface area contributed by atoms with E-state index in [0.29, 0.717) is 32.7 Å². The van der Waals surface area contributed by atoms with E-state index in [9.17, 15) is 9.18 Å². The van der Waals surface area contributed by atoms with Crippen molar-refractivity contribution in [2.24, 2.45) is 5.73 Å². The second-order valence-corrected chi connectivity index (χ2v) is 4.21. The molecule has 1 atom stereocenters. The summed E-state index contributed by atoms with van der Waals surface area (Å²) in [5, 5.41) is 0. The van der Waals surface area contributed by atoms with Gasteiger partial charge in [0.05, 0.1) is 24.5 Å². The van der Waals surface area contributed by atoms with Gasteiger partial charge in [-0.25, -0.2) is 4.39 Å². The Hall–Kier alpha value is -1.53. The van der Waals surface area contributed by atoms with Gasteiger partial charge in [0.1, 0.15) is 5.82 Å². The minimum absolute atomic E-state index is 0.0331. The fraction of sp³-hybridized carbons (Fsp3) is 0.500. The minimum atomic E-state index is -0.507. The smallest absolute Gasteiger partial charge is 0.255 e. The molecular weight excluding hydrogens is 237 g/mol. The Bertz CT molecular complexity index is 426. The Labute approximate surface area is 105 Å². The van der Waals surface area contributed by atoms with E-state index >= 15 is 0 Å². The number of nitrogens with zero attached hydrogens (tertiary/aromatic N) is 2.